The molecule has 3 aromatic heterocycles. The van der Waals surface area contributed by atoms with Gasteiger partial charge in [0.15, 0.2) is 5.65 Å². The first kappa shape index (κ1) is 13.6. The van der Waals surface area contributed by atoms with Crippen molar-refractivity contribution in [3.8, 4) is 6.07 Å². The van der Waals surface area contributed by atoms with Crippen LogP contribution in [0.1, 0.15) is 24.5 Å². The molecule has 4 rings (SSSR count). The smallest absolute Gasteiger partial charge is 0.236 e. The molecular formula is C16H14N6O. The van der Waals surface area contributed by atoms with Crippen molar-refractivity contribution in [2.45, 2.75) is 18.8 Å². The standard InChI is InChI=1S/C16H14N6O/c17-5-1-13(23)22-8-4-10(9-22)15-14-11-2-6-19-16(11)21-20-12(14)3-7-18-15/h2-3,6-7,10H,1,4,8-9H2,(H,19,21). The van der Waals surface area contributed by atoms with Crippen LogP contribution in [0, 0.1) is 11.3 Å². The highest BCUT2D eigenvalue weighted by molar-refractivity contribution is 6.04. The summed E-state index contributed by atoms with van der Waals surface area (Å²) in [5, 5.41) is 19.1. The molecule has 0 aliphatic carbocycles. The number of hydrogen-bond acceptors (Lipinski definition) is 5. The van der Waals surface area contributed by atoms with Crippen LogP contribution in [-0.2, 0) is 4.79 Å². The summed E-state index contributed by atoms with van der Waals surface area (Å²) in [6.45, 7) is 1.26. The second-order valence-corrected chi connectivity index (χ2v) is 5.69. The fourth-order valence-electron chi connectivity index (χ4n) is 3.27. The van der Waals surface area contributed by atoms with Crippen LogP contribution < -0.4 is 0 Å². The first-order valence-electron chi connectivity index (χ1n) is 7.51. The van der Waals surface area contributed by atoms with Gasteiger partial charge in [0.1, 0.15) is 6.42 Å². The third-order valence-corrected chi connectivity index (χ3v) is 4.37. The number of H-pyrrole nitrogens is 1. The zero-order valence-electron chi connectivity index (χ0n) is 12.4. The number of pyridine rings is 1. The predicted octanol–water partition coefficient (Wildman–Crippen LogP) is 1.74. The van der Waals surface area contributed by atoms with Crippen LogP contribution in [0.2, 0.25) is 0 Å². The number of nitrogens with zero attached hydrogens (tertiary/aromatic N) is 5. The number of aromatic nitrogens is 4. The number of fused-ring (bicyclic) bond motifs is 3. The molecular weight excluding hydrogens is 292 g/mol. The van der Waals surface area contributed by atoms with Crippen molar-refractivity contribution in [1.82, 2.24) is 25.1 Å². The van der Waals surface area contributed by atoms with E-state index in [-0.39, 0.29) is 18.2 Å². The molecule has 1 aliphatic rings. The minimum Gasteiger partial charge on any atom is -0.345 e. The van der Waals surface area contributed by atoms with Crippen molar-refractivity contribution < 1.29 is 4.79 Å². The fourth-order valence-corrected chi connectivity index (χ4v) is 3.27. The molecule has 0 radical (unpaired) electrons. The Morgan fingerprint density at radius 3 is 3.22 bits per heavy atom. The monoisotopic (exact) mass is 306 g/mol. The first-order chi connectivity index (χ1) is 11.3. The van der Waals surface area contributed by atoms with Crippen LogP contribution >= 0.6 is 0 Å². The number of carbonyl (C=O) groups is 1. The van der Waals surface area contributed by atoms with E-state index < -0.39 is 0 Å². The predicted molar refractivity (Wildman–Crippen MR) is 83.4 cm³/mol. The number of nitrogens with one attached hydrogen (secondary N) is 1. The van der Waals surface area contributed by atoms with Gasteiger partial charge in [0.25, 0.3) is 0 Å². The summed E-state index contributed by atoms with van der Waals surface area (Å²) in [6, 6.07) is 5.75. The molecule has 3 aromatic rings. The largest absolute Gasteiger partial charge is 0.345 e. The molecule has 1 N–H and O–H groups in total. The Balaban J connectivity index is 1.76. The number of carbonyl (C=O) groups excluding carboxylic acids is 1. The number of aromatic amines is 1. The van der Waals surface area contributed by atoms with Crippen molar-refractivity contribution in [3.63, 3.8) is 0 Å². The first-order valence-corrected chi connectivity index (χ1v) is 7.51. The summed E-state index contributed by atoms with van der Waals surface area (Å²) >= 11 is 0. The van der Waals surface area contributed by atoms with Gasteiger partial charge in [0.05, 0.1) is 17.3 Å². The molecule has 7 heteroatoms. The summed E-state index contributed by atoms with van der Waals surface area (Å²) < 4.78 is 0. The van der Waals surface area contributed by atoms with Crippen LogP contribution in [-0.4, -0.2) is 44.1 Å². The normalized spacial score (nSPS) is 17.7. The van der Waals surface area contributed by atoms with E-state index in [2.05, 4.69) is 20.2 Å². The van der Waals surface area contributed by atoms with E-state index in [0.717, 1.165) is 34.1 Å². The zero-order chi connectivity index (χ0) is 15.8. The Morgan fingerprint density at radius 2 is 2.35 bits per heavy atom. The van der Waals surface area contributed by atoms with Crippen LogP contribution in [0.15, 0.2) is 24.5 Å². The molecule has 1 atom stereocenters. The van der Waals surface area contributed by atoms with E-state index in [1.54, 1.807) is 11.1 Å². The number of amides is 1. The van der Waals surface area contributed by atoms with Gasteiger partial charge in [-0.25, -0.2) is 0 Å². The van der Waals surface area contributed by atoms with E-state index in [4.69, 9.17) is 5.26 Å². The van der Waals surface area contributed by atoms with Crippen molar-refractivity contribution >= 4 is 27.8 Å². The minimum atomic E-state index is -0.109. The third-order valence-electron chi connectivity index (χ3n) is 4.37. The van der Waals surface area contributed by atoms with E-state index in [1.807, 2.05) is 24.4 Å². The van der Waals surface area contributed by atoms with Gasteiger partial charge in [0.2, 0.25) is 5.91 Å². The molecule has 1 fully saturated rings. The average Bonchev–Trinajstić information content (AvgIpc) is 3.23. The van der Waals surface area contributed by atoms with Crippen LogP contribution in [0.25, 0.3) is 21.9 Å². The summed E-state index contributed by atoms with van der Waals surface area (Å²) in [4.78, 5) is 21.3. The Morgan fingerprint density at radius 1 is 1.43 bits per heavy atom. The molecule has 0 saturated carbocycles. The van der Waals surface area contributed by atoms with Gasteiger partial charge >= 0.3 is 0 Å². The third kappa shape index (κ3) is 2.19. The Labute approximate surface area is 131 Å². The summed E-state index contributed by atoms with van der Waals surface area (Å²) in [7, 11) is 0. The molecule has 0 bridgehead atoms. The summed E-state index contributed by atoms with van der Waals surface area (Å²) in [5.41, 5.74) is 2.50. The molecule has 0 aromatic carbocycles. The quantitative estimate of drug-likeness (QED) is 0.777. The van der Waals surface area contributed by atoms with Crippen molar-refractivity contribution in [2.75, 3.05) is 13.1 Å². The van der Waals surface area contributed by atoms with Gasteiger partial charge in [-0.15, -0.1) is 10.2 Å². The lowest BCUT2D eigenvalue weighted by Gasteiger charge is -2.15. The highest BCUT2D eigenvalue weighted by Gasteiger charge is 2.29. The van der Waals surface area contributed by atoms with Crippen molar-refractivity contribution in [3.05, 3.63) is 30.2 Å². The molecule has 1 aliphatic heterocycles. The Hall–Kier alpha value is -3.01. The lowest BCUT2D eigenvalue weighted by Crippen LogP contribution is -2.27. The molecule has 0 spiro atoms. The van der Waals surface area contributed by atoms with Gasteiger partial charge in [-0.2, -0.15) is 5.26 Å². The van der Waals surface area contributed by atoms with E-state index >= 15 is 0 Å². The SMILES string of the molecule is N#CCC(=O)N1CCC(c2nccc3nnc4[nH]ccc4c23)C1. The number of nitriles is 1. The van der Waals surface area contributed by atoms with Gasteiger partial charge in [-0.3, -0.25) is 9.78 Å². The van der Waals surface area contributed by atoms with Gasteiger partial charge in [0, 0.05) is 42.2 Å². The summed E-state index contributed by atoms with van der Waals surface area (Å²) in [6.07, 6.45) is 4.36. The van der Waals surface area contributed by atoms with Crippen LogP contribution in [0.4, 0.5) is 0 Å². The number of hydrogen-bond donors (Lipinski definition) is 1. The van der Waals surface area contributed by atoms with Crippen LogP contribution in [0.5, 0.6) is 0 Å². The fraction of sp³-hybridized carbons (Fsp3) is 0.312. The second-order valence-electron chi connectivity index (χ2n) is 5.69. The summed E-state index contributed by atoms with van der Waals surface area (Å²) in [5.74, 6) is 0.0467. The molecule has 4 heterocycles. The van der Waals surface area contributed by atoms with Crippen LogP contribution in [0.3, 0.4) is 0 Å². The lowest BCUT2D eigenvalue weighted by atomic mass is 9.99. The van der Waals surface area contributed by atoms with Gasteiger partial charge in [-0.05, 0) is 18.6 Å². The molecule has 7 nitrogen and oxygen atoms in total. The molecule has 1 unspecified atom stereocenters. The van der Waals surface area contributed by atoms with Crippen molar-refractivity contribution in [2.24, 2.45) is 0 Å². The van der Waals surface area contributed by atoms with Crippen molar-refractivity contribution in [1.29, 1.82) is 5.26 Å². The van der Waals surface area contributed by atoms with E-state index in [9.17, 15) is 4.79 Å². The zero-order valence-corrected chi connectivity index (χ0v) is 12.4. The molecule has 114 valence electrons. The maximum atomic E-state index is 11.9. The number of likely N-dealkylation sites (tertiary alicyclic amines) is 1. The topological polar surface area (TPSA) is 98.6 Å². The highest BCUT2D eigenvalue weighted by Crippen LogP contribution is 2.33. The molecule has 1 saturated heterocycles. The molecule has 23 heavy (non-hydrogen) atoms. The lowest BCUT2D eigenvalue weighted by molar-refractivity contribution is -0.129. The maximum absolute atomic E-state index is 11.9. The maximum Gasteiger partial charge on any atom is 0.236 e. The Bertz CT molecular complexity index is 941. The molecule has 1 amide bonds. The van der Waals surface area contributed by atoms with Gasteiger partial charge in [-0.1, -0.05) is 0 Å². The number of rotatable bonds is 2. The average molecular weight is 306 g/mol. The van der Waals surface area contributed by atoms with Gasteiger partial charge < -0.3 is 9.88 Å². The highest BCUT2D eigenvalue weighted by atomic mass is 16.2. The van der Waals surface area contributed by atoms with E-state index in [1.165, 1.54) is 0 Å². The van der Waals surface area contributed by atoms with E-state index in [0.29, 0.717) is 13.1 Å². The minimum absolute atomic E-state index is 0.0663. The Kier molecular flexibility index (Phi) is 3.15. The second kappa shape index (κ2) is 5.32.